The number of aryl methyl sites for hydroxylation is 1. The Morgan fingerprint density at radius 2 is 2.13 bits per heavy atom. The van der Waals surface area contributed by atoms with E-state index >= 15 is 0 Å². The molecule has 9 heteroatoms. The summed E-state index contributed by atoms with van der Waals surface area (Å²) in [7, 11) is 0. The van der Waals surface area contributed by atoms with Crippen LogP contribution in [0.5, 0.6) is 0 Å². The molecule has 4 aromatic rings. The van der Waals surface area contributed by atoms with Crippen LogP contribution in [-0.2, 0) is 0 Å². The zero-order valence-corrected chi connectivity index (χ0v) is 11.9. The van der Waals surface area contributed by atoms with Gasteiger partial charge in [-0.1, -0.05) is 11.2 Å². The van der Waals surface area contributed by atoms with E-state index in [2.05, 4.69) is 25.1 Å². The first-order valence-corrected chi connectivity index (χ1v) is 6.74. The summed E-state index contributed by atoms with van der Waals surface area (Å²) in [5.41, 5.74) is 0.889. The van der Waals surface area contributed by atoms with Crippen LogP contribution in [0.25, 0.3) is 28.9 Å². The minimum absolute atomic E-state index is 0.0388. The van der Waals surface area contributed by atoms with Crippen LogP contribution < -0.4 is 0 Å². The summed E-state index contributed by atoms with van der Waals surface area (Å²) >= 11 is 0. The molecule has 0 spiro atoms. The summed E-state index contributed by atoms with van der Waals surface area (Å²) in [6, 6.07) is 5.05. The number of nitrogens with one attached hydrogen (secondary N) is 1. The molecule has 0 aliphatic carbocycles. The van der Waals surface area contributed by atoms with Crippen molar-refractivity contribution < 1.29 is 13.3 Å². The molecule has 0 bridgehead atoms. The number of nitrogens with zero attached hydrogens (tertiary/aromatic N) is 5. The first-order chi connectivity index (χ1) is 11.1. The Hall–Kier alpha value is -3.10. The molecule has 0 atom stereocenters. The van der Waals surface area contributed by atoms with Crippen LogP contribution in [0.2, 0.25) is 0 Å². The Bertz CT molecular complexity index is 986. The standard InChI is InChI=1S/C14H10F2N6O/c1-7-6-17-12(18-7)13-20-14(23-21-13)10-9(11(15)16)19-8-4-2-3-5-22(8)10/h2-6,11H,1H3,(H,17,18). The Kier molecular flexibility index (Phi) is 2.93. The first-order valence-electron chi connectivity index (χ1n) is 6.74. The van der Waals surface area contributed by atoms with Gasteiger partial charge in [0.2, 0.25) is 5.82 Å². The minimum atomic E-state index is -2.76. The fraction of sp³-hybridized carbons (Fsp3) is 0.143. The van der Waals surface area contributed by atoms with Crippen molar-refractivity contribution in [2.24, 2.45) is 0 Å². The topological polar surface area (TPSA) is 84.9 Å². The van der Waals surface area contributed by atoms with Gasteiger partial charge < -0.3 is 9.51 Å². The fourth-order valence-corrected chi connectivity index (χ4v) is 2.32. The summed E-state index contributed by atoms with van der Waals surface area (Å²) in [5, 5.41) is 3.80. The Balaban J connectivity index is 1.89. The molecule has 0 aliphatic rings. The number of aromatic amines is 1. The van der Waals surface area contributed by atoms with Crippen molar-refractivity contribution in [3.8, 4) is 23.2 Å². The summed E-state index contributed by atoms with van der Waals surface area (Å²) in [6.45, 7) is 1.83. The van der Waals surface area contributed by atoms with Gasteiger partial charge in [-0.2, -0.15) is 4.98 Å². The third kappa shape index (κ3) is 2.17. The highest BCUT2D eigenvalue weighted by Gasteiger charge is 2.26. The van der Waals surface area contributed by atoms with Gasteiger partial charge in [0.1, 0.15) is 17.0 Å². The molecule has 0 unspecified atom stereocenters. The van der Waals surface area contributed by atoms with Crippen molar-refractivity contribution in [3.63, 3.8) is 0 Å². The lowest BCUT2D eigenvalue weighted by atomic mass is 10.3. The third-order valence-electron chi connectivity index (χ3n) is 3.31. The molecule has 23 heavy (non-hydrogen) atoms. The molecule has 116 valence electrons. The molecule has 0 saturated heterocycles. The number of H-pyrrole nitrogens is 1. The molecule has 7 nitrogen and oxygen atoms in total. The molecule has 0 aromatic carbocycles. The van der Waals surface area contributed by atoms with Crippen LogP contribution in [0, 0.1) is 6.92 Å². The minimum Gasteiger partial charge on any atom is -0.339 e. The van der Waals surface area contributed by atoms with Crippen LogP contribution in [0.15, 0.2) is 35.1 Å². The molecule has 4 aromatic heterocycles. The lowest BCUT2D eigenvalue weighted by Gasteiger charge is -1.98. The predicted octanol–water partition coefficient (Wildman–Crippen LogP) is 3.02. The summed E-state index contributed by atoms with van der Waals surface area (Å²) in [6.07, 6.45) is 0.473. The van der Waals surface area contributed by atoms with Crippen molar-refractivity contribution >= 4 is 5.65 Å². The Morgan fingerprint density at radius 3 is 2.87 bits per heavy atom. The van der Waals surface area contributed by atoms with Crippen molar-refractivity contribution in [1.82, 2.24) is 29.5 Å². The van der Waals surface area contributed by atoms with Gasteiger partial charge in [-0.3, -0.25) is 4.40 Å². The van der Waals surface area contributed by atoms with E-state index in [9.17, 15) is 8.78 Å². The van der Waals surface area contributed by atoms with Crippen LogP contribution >= 0.6 is 0 Å². The lowest BCUT2D eigenvalue weighted by Crippen LogP contribution is -1.93. The van der Waals surface area contributed by atoms with E-state index in [4.69, 9.17) is 4.52 Å². The van der Waals surface area contributed by atoms with E-state index in [-0.39, 0.29) is 17.4 Å². The Labute approximate surface area is 128 Å². The summed E-state index contributed by atoms with van der Waals surface area (Å²) < 4.78 is 33.2. The van der Waals surface area contributed by atoms with Crippen molar-refractivity contribution in [2.75, 3.05) is 0 Å². The van der Waals surface area contributed by atoms with E-state index in [1.54, 1.807) is 30.6 Å². The fourth-order valence-electron chi connectivity index (χ4n) is 2.32. The van der Waals surface area contributed by atoms with Crippen molar-refractivity contribution in [2.45, 2.75) is 13.3 Å². The molecule has 1 N–H and O–H groups in total. The van der Waals surface area contributed by atoms with Crippen LogP contribution in [0.4, 0.5) is 8.78 Å². The van der Waals surface area contributed by atoms with Gasteiger partial charge in [0.25, 0.3) is 12.3 Å². The SMILES string of the molecule is Cc1cnc(-c2noc(-c3c(C(F)F)nc4ccccn34)n2)[nH]1. The smallest absolute Gasteiger partial charge is 0.282 e. The molecular formula is C14H10F2N6O. The van der Waals surface area contributed by atoms with Crippen molar-refractivity contribution in [1.29, 1.82) is 0 Å². The number of pyridine rings is 1. The number of fused-ring (bicyclic) bond motifs is 1. The van der Waals surface area contributed by atoms with Crippen molar-refractivity contribution in [3.05, 3.63) is 42.0 Å². The quantitative estimate of drug-likeness (QED) is 0.628. The van der Waals surface area contributed by atoms with E-state index < -0.39 is 12.1 Å². The second-order valence-corrected chi connectivity index (χ2v) is 4.91. The number of imidazole rings is 2. The highest BCUT2D eigenvalue weighted by atomic mass is 19.3. The summed E-state index contributed by atoms with van der Waals surface area (Å²) in [4.78, 5) is 15.1. The highest BCUT2D eigenvalue weighted by Crippen LogP contribution is 2.31. The van der Waals surface area contributed by atoms with Crippen LogP contribution in [0.1, 0.15) is 17.8 Å². The van der Waals surface area contributed by atoms with E-state index in [1.165, 1.54) is 4.40 Å². The van der Waals surface area contributed by atoms with Gasteiger partial charge in [-0.25, -0.2) is 18.7 Å². The number of hydrogen-bond donors (Lipinski definition) is 1. The van der Waals surface area contributed by atoms with E-state index in [0.717, 1.165) is 5.69 Å². The van der Waals surface area contributed by atoms with Gasteiger partial charge in [-0.05, 0) is 19.1 Å². The van der Waals surface area contributed by atoms with Gasteiger partial charge in [0.15, 0.2) is 5.82 Å². The maximum absolute atomic E-state index is 13.3. The highest BCUT2D eigenvalue weighted by molar-refractivity contribution is 5.62. The number of aromatic nitrogens is 6. The summed E-state index contributed by atoms with van der Waals surface area (Å²) in [5.74, 6) is 0.562. The monoisotopic (exact) mass is 316 g/mol. The molecule has 0 amide bonds. The maximum Gasteiger partial charge on any atom is 0.282 e. The van der Waals surface area contributed by atoms with Gasteiger partial charge in [0.05, 0.1) is 0 Å². The number of hydrogen-bond acceptors (Lipinski definition) is 5. The second-order valence-electron chi connectivity index (χ2n) is 4.91. The zero-order chi connectivity index (χ0) is 16.0. The molecule has 0 saturated carbocycles. The normalized spacial score (nSPS) is 11.7. The first kappa shape index (κ1) is 13.6. The number of halogens is 2. The number of rotatable bonds is 3. The molecule has 4 heterocycles. The molecular weight excluding hydrogens is 306 g/mol. The third-order valence-corrected chi connectivity index (χ3v) is 3.31. The lowest BCUT2D eigenvalue weighted by molar-refractivity contribution is 0.147. The zero-order valence-electron chi connectivity index (χ0n) is 11.9. The molecule has 0 aliphatic heterocycles. The average molecular weight is 316 g/mol. The van der Waals surface area contributed by atoms with E-state index in [0.29, 0.717) is 11.5 Å². The Morgan fingerprint density at radius 1 is 1.26 bits per heavy atom. The largest absolute Gasteiger partial charge is 0.339 e. The molecule has 0 radical (unpaired) electrons. The second kappa shape index (κ2) is 4.97. The van der Waals surface area contributed by atoms with Crippen LogP contribution in [-0.4, -0.2) is 29.5 Å². The predicted molar refractivity (Wildman–Crippen MR) is 75.8 cm³/mol. The van der Waals surface area contributed by atoms with Gasteiger partial charge >= 0.3 is 0 Å². The average Bonchev–Trinajstić information content (AvgIpc) is 3.22. The van der Waals surface area contributed by atoms with Crippen LogP contribution in [0.3, 0.4) is 0 Å². The van der Waals surface area contributed by atoms with Gasteiger partial charge in [0, 0.05) is 18.1 Å². The van der Waals surface area contributed by atoms with Gasteiger partial charge in [-0.15, -0.1) is 0 Å². The maximum atomic E-state index is 13.3. The molecule has 0 fully saturated rings. The van der Waals surface area contributed by atoms with E-state index in [1.807, 2.05) is 6.92 Å². The number of alkyl halides is 2. The molecule has 4 rings (SSSR count).